The van der Waals surface area contributed by atoms with E-state index in [1.54, 1.807) is 31.2 Å². The molecular weight excluding hydrogens is 208 g/mol. The Hall–Kier alpha value is -1.81. The fourth-order valence-corrected chi connectivity index (χ4v) is 1.01. The van der Waals surface area contributed by atoms with E-state index in [-0.39, 0.29) is 6.61 Å². The van der Waals surface area contributed by atoms with Crippen molar-refractivity contribution in [3.63, 3.8) is 0 Å². The number of rotatable bonds is 5. The molecule has 1 aromatic carbocycles. The second kappa shape index (κ2) is 5.92. The summed E-state index contributed by atoms with van der Waals surface area (Å²) in [5.41, 5.74) is 0. The topological polar surface area (TPSA) is 55.8 Å². The van der Waals surface area contributed by atoms with Crippen LogP contribution in [0.1, 0.15) is 6.92 Å². The maximum Gasteiger partial charge on any atom is 0.335 e. The molecule has 0 aliphatic heterocycles. The summed E-state index contributed by atoms with van der Waals surface area (Å²) in [5.74, 6) is 0.180. The fraction of sp³-hybridized carbons (Fsp3) is 0.250. The molecule has 0 radical (unpaired) electrons. The van der Waals surface area contributed by atoms with Gasteiger partial charge in [-0.1, -0.05) is 18.7 Å². The predicted molar refractivity (Wildman–Crippen MR) is 59.4 cm³/mol. The summed E-state index contributed by atoms with van der Waals surface area (Å²) < 4.78 is 10.2. The van der Waals surface area contributed by atoms with Crippen LogP contribution in [-0.2, 0) is 4.79 Å². The van der Waals surface area contributed by atoms with Crippen LogP contribution in [0.3, 0.4) is 0 Å². The minimum absolute atomic E-state index is 0.142. The highest BCUT2D eigenvalue weighted by Crippen LogP contribution is 2.26. The van der Waals surface area contributed by atoms with E-state index in [9.17, 15) is 4.79 Å². The van der Waals surface area contributed by atoms with Crippen molar-refractivity contribution in [2.45, 2.75) is 13.0 Å². The number of aliphatic hydroxyl groups excluding tert-OH is 1. The van der Waals surface area contributed by atoms with Crippen LogP contribution in [0.2, 0.25) is 0 Å². The minimum atomic E-state index is -0.580. The highest BCUT2D eigenvalue weighted by molar-refractivity contribution is 5.83. The first-order chi connectivity index (χ1) is 7.63. The monoisotopic (exact) mass is 222 g/mol. The summed E-state index contributed by atoms with van der Waals surface area (Å²) >= 11 is 0. The molecular formula is C12H14O4. The number of hydrogen-bond donors (Lipinski definition) is 1. The van der Waals surface area contributed by atoms with E-state index in [2.05, 4.69) is 6.58 Å². The van der Waals surface area contributed by atoms with E-state index in [4.69, 9.17) is 14.6 Å². The minimum Gasteiger partial charge on any atom is -0.487 e. The van der Waals surface area contributed by atoms with Crippen molar-refractivity contribution < 1.29 is 19.4 Å². The van der Waals surface area contributed by atoms with E-state index in [1.807, 2.05) is 0 Å². The lowest BCUT2D eigenvalue weighted by Crippen LogP contribution is -2.14. The Balaban J connectivity index is 2.74. The summed E-state index contributed by atoms with van der Waals surface area (Å²) in [4.78, 5) is 11.0. The van der Waals surface area contributed by atoms with Crippen LogP contribution in [0.4, 0.5) is 0 Å². The largest absolute Gasteiger partial charge is 0.487 e. The number of esters is 1. The molecule has 0 aromatic heterocycles. The Morgan fingerprint density at radius 1 is 1.50 bits per heavy atom. The van der Waals surface area contributed by atoms with E-state index in [1.165, 1.54) is 0 Å². The lowest BCUT2D eigenvalue weighted by molar-refractivity contribution is -0.129. The van der Waals surface area contributed by atoms with Gasteiger partial charge in [-0.05, 0) is 19.1 Å². The molecule has 16 heavy (non-hydrogen) atoms. The van der Waals surface area contributed by atoms with Crippen LogP contribution in [0, 0.1) is 0 Å². The number of carbonyl (C=O) groups excluding carboxylic acids is 1. The van der Waals surface area contributed by atoms with Gasteiger partial charge in [-0.2, -0.15) is 0 Å². The summed E-state index contributed by atoms with van der Waals surface area (Å²) in [6.07, 6.45) is 0.494. The number of hydrogen-bond acceptors (Lipinski definition) is 4. The number of ether oxygens (including phenoxy) is 2. The molecule has 0 spiro atoms. The second-order valence-corrected chi connectivity index (χ2v) is 3.23. The molecule has 4 nitrogen and oxygen atoms in total. The van der Waals surface area contributed by atoms with Gasteiger partial charge in [0, 0.05) is 6.08 Å². The second-order valence-electron chi connectivity index (χ2n) is 3.23. The molecule has 0 bridgehead atoms. The van der Waals surface area contributed by atoms with Crippen LogP contribution in [-0.4, -0.2) is 23.8 Å². The maximum atomic E-state index is 11.0. The Labute approximate surface area is 94.1 Å². The molecule has 1 atom stereocenters. The maximum absolute atomic E-state index is 11.0. The van der Waals surface area contributed by atoms with Gasteiger partial charge in [0.25, 0.3) is 0 Å². The predicted octanol–water partition coefficient (Wildman–Crippen LogP) is 1.54. The van der Waals surface area contributed by atoms with Crippen molar-refractivity contribution >= 4 is 5.97 Å². The normalized spacial score (nSPS) is 11.6. The number of carbonyl (C=O) groups is 1. The molecule has 0 saturated heterocycles. The van der Waals surface area contributed by atoms with Gasteiger partial charge in [-0.15, -0.1) is 0 Å². The first-order valence-electron chi connectivity index (χ1n) is 4.87. The van der Waals surface area contributed by atoms with Crippen LogP contribution >= 0.6 is 0 Å². The SMILES string of the molecule is C=CC(=O)Oc1ccccc1OCC(C)O. The Kier molecular flexibility index (Phi) is 4.54. The van der Waals surface area contributed by atoms with E-state index < -0.39 is 12.1 Å². The summed E-state index contributed by atoms with van der Waals surface area (Å²) in [5, 5.41) is 9.08. The molecule has 4 heteroatoms. The summed E-state index contributed by atoms with van der Waals surface area (Å²) in [7, 11) is 0. The van der Waals surface area contributed by atoms with Gasteiger partial charge in [0.2, 0.25) is 0 Å². The molecule has 1 aromatic rings. The zero-order valence-electron chi connectivity index (χ0n) is 9.05. The average Bonchev–Trinajstić information content (AvgIpc) is 2.27. The van der Waals surface area contributed by atoms with Crippen LogP contribution in [0.5, 0.6) is 11.5 Å². The molecule has 1 N–H and O–H groups in total. The van der Waals surface area contributed by atoms with Gasteiger partial charge in [0.1, 0.15) is 6.61 Å². The van der Waals surface area contributed by atoms with Crippen LogP contribution in [0.15, 0.2) is 36.9 Å². The van der Waals surface area contributed by atoms with Gasteiger partial charge in [0.15, 0.2) is 11.5 Å². The lowest BCUT2D eigenvalue weighted by Gasteiger charge is -2.11. The van der Waals surface area contributed by atoms with E-state index in [0.717, 1.165) is 6.08 Å². The van der Waals surface area contributed by atoms with Gasteiger partial charge in [-0.3, -0.25) is 0 Å². The van der Waals surface area contributed by atoms with Gasteiger partial charge in [-0.25, -0.2) is 4.79 Å². The average molecular weight is 222 g/mol. The highest BCUT2D eigenvalue weighted by Gasteiger charge is 2.08. The van der Waals surface area contributed by atoms with Crippen molar-refractivity contribution in [2.75, 3.05) is 6.61 Å². The van der Waals surface area contributed by atoms with Crippen molar-refractivity contribution in [1.82, 2.24) is 0 Å². The molecule has 0 fully saturated rings. The first-order valence-corrected chi connectivity index (χ1v) is 4.87. The number of para-hydroxylation sites is 2. The number of aliphatic hydroxyl groups is 1. The molecule has 1 rings (SSSR count). The first kappa shape index (κ1) is 12.3. The Morgan fingerprint density at radius 2 is 2.12 bits per heavy atom. The van der Waals surface area contributed by atoms with Crippen molar-refractivity contribution in [2.24, 2.45) is 0 Å². The fourth-order valence-electron chi connectivity index (χ4n) is 1.01. The van der Waals surface area contributed by atoms with Crippen LogP contribution < -0.4 is 9.47 Å². The highest BCUT2D eigenvalue weighted by atomic mass is 16.6. The third-order valence-electron chi connectivity index (χ3n) is 1.71. The molecule has 0 saturated carbocycles. The third kappa shape index (κ3) is 3.74. The van der Waals surface area contributed by atoms with Crippen molar-refractivity contribution in [1.29, 1.82) is 0 Å². The summed E-state index contributed by atoms with van der Waals surface area (Å²) in [6.45, 7) is 5.06. The molecule has 1 unspecified atom stereocenters. The third-order valence-corrected chi connectivity index (χ3v) is 1.71. The zero-order valence-corrected chi connectivity index (χ0v) is 9.05. The van der Waals surface area contributed by atoms with E-state index >= 15 is 0 Å². The molecule has 0 aliphatic carbocycles. The van der Waals surface area contributed by atoms with Crippen LogP contribution in [0.25, 0.3) is 0 Å². The van der Waals surface area contributed by atoms with Gasteiger partial charge in [0.05, 0.1) is 6.10 Å². The lowest BCUT2D eigenvalue weighted by atomic mass is 10.3. The Bertz CT molecular complexity index is 371. The van der Waals surface area contributed by atoms with Gasteiger partial charge >= 0.3 is 5.97 Å². The molecule has 0 amide bonds. The summed E-state index contributed by atoms with van der Waals surface area (Å²) in [6, 6.07) is 6.75. The molecule has 0 aliphatic rings. The Morgan fingerprint density at radius 3 is 2.69 bits per heavy atom. The smallest absolute Gasteiger partial charge is 0.335 e. The number of benzene rings is 1. The molecule has 86 valence electrons. The standard InChI is InChI=1S/C12H14O4/c1-3-12(14)16-11-7-5-4-6-10(11)15-8-9(2)13/h3-7,9,13H,1,8H2,2H3. The van der Waals surface area contributed by atoms with Crippen molar-refractivity contribution in [3.05, 3.63) is 36.9 Å². The molecule has 0 heterocycles. The van der Waals surface area contributed by atoms with Crippen molar-refractivity contribution in [3.8, 4) is 11.5 Å². The quantitative estimate of drug-likeness (QED) is 0.466. The zero-order chi connectivity index (χ0) is 12.0. The van der Waals surface area contributed by atoms with E-state index in [0.29, 0.717) is 11.5 Å². The van der Waals surface area contributed by atoms with Gasteiger partial charge < -0.3 is 14.6 Å².